The summed E-state index contributed by atoms with van der Waals surface area (Å²) < 4.78 is 0. The third-order valence-electron chi connectivity index (χ3n) is 4.49. The van der Waals surface area contributed by atoms with Gasteiger partial charge >= 0.3 is 0 Å². The largest absolute Gasteiger partial charge is 0.0625 e. The molecule has 0 aromatic rings. The molecule has 1 fully saturated rings. The molecule has 0 radical (unpaired) electrons. The van der Waals surface area contributed by atoms with E-state index in [1.807, 2.05) is 0 Å². The molecular weight excluding hydrogens is 204 g/mol. The Kier molecular flexibility index (Phi) is 4.72. The van der Waals surface area contributed by atoms with Crippen LogP contribution in [-0.2, 0) is 0 Å². The Bertz CT molecular complexity index is 231. The van der Waals surface area contributed by atoms with E-state index in [1.54, 1.807) is 0 Å². The zero-order valence-electron chi connectivity index (χ0n) is 13.3. The topological polar surface area (TPSA) is 0 Å². The minimum atomic E-state index is 0.500. The summed E-state index contributed by atoms with van der Waals surface area (Å²) in [5.74, 6) is 2.84. The Morgan fingerprint density at radius 2 is 1.76 bits per heavy atom. The molecule has 0 nitrogen and oxygen atoms in total. The summed E-state index contributed by atoms with van der Waals surface area (Å²) in [5, 5.41) is 0. The molecule has 3 atom stereocenters. The average Bonchev–Trinajstić information content (AvgIpc) is 2.33. The lowest BCUT2D eigenvalue weighted by molar-refractivity contribution is 0.267. The van der Waals surface area contributed by atoms with Crippen molar-refractivity contribution in [3.63, 3.8) is 0 Å². The van der Waals surface area contributed by atoms with Crippen molar-refractivity contribution in [2.75, 3.05) is 0 Å². The smallest absolute Gasteiger partial charge is 0.0349 e. The van der Waals surface area contributed by atoms with Gasteiger partial charge in [0.15, 0.2) is 0 Å². The maximum Gasteiger partial charge on any atom is -0.0349 e. The van der Waals surface area contributed by atoms with Crippen LogP contribution < -0.4 is 0 Å². The SMILES string of the molecule is CC(CCC1CC(C)(C)CC1C)CC(C)(C)C. The third kappa shape index (κ3) is 5.44. The normalized spacial score (nSPS) is 30.5. The van der Waals surface area contributed by atoms with Crippen LogP contribution in [0.4, 0.5) is 0 Å². The molecular formula is C17H34. The molecule has 1 aliphatic carbocycles. The summed E-state index contributed by atoms with van der Waals surface area (Å²) >= 11 is 0. The molecule has 0 saturated heterocycles. The standard InChI is InChI=1S/C17H34/c1-13(10-16(3,4)5)8-9-15-12-17(6,7)11-14(15)2/h13-15H,8-12H2,1-7H3. The molecule has 0 amide bonds. The molecule has 0 heterocycles. The van der Waals surface area contributed by atoms with Crippen molar-refractivity contribution in [2.45, 2.75) is 80.6 Å². The monoisotopic (exact) mass is 238 g/mol. The van der Waals surface area contributed by atoms with E-state index in [0.717, 1.165) is 17.8 Å². The van der Waals surface area contributed by atoms with Gasteiger partial charge in [-0.1, -0.05) is 54.9 Å². The molecule has 102 valence electrons. The lowest BCUT2D eigenvalue weighted by Gasteiger charge is -2.25. The minimum absolute atomic E-state index is 0.500. The fraction of sp³-hybridized carbons (Fsp3) is 1.00. The molecule has 1 aliphatic rings. The molecule has 0 bridgehead atoms. The van der Waals surface area contributed by atoms with Crippen molar-refractivity contribution >= 4 is 0 Å². The van der Waals surface area contributed by atoms with Gasteiger partial charge < -0.3 is 0 Å². The Morgan fingerprint density at radius 3 is 2.18 bits per heavy atom. The van der Waals surface area contributed by atoms with Gasteiger partial charge in [-0.3, -0.25) is 0 Å². The number of hydrogen-bond donors (Lipinski definition) is 0. The molecule has 1 saturated carbocycles. The number of rotatable bonds is 4. The molecule has 17 heavy (non-hydrogen) atoms. The van der Waals surface area contributed by atoms with Crippen molar-refractivity contribution in [3.8, 4) is 0 Å². The summed E-state index contributed by atoms with van der Waals surface area (Å²) in [7, 11) is 0. The second kappa shape index (κ2) is 5.33. The minimum Gasteiger partial charge on any atom is -0.0625 e. The van der Waals surface area contributed by atoms with Crippen molar-refractivity contribution in [3.05, 3.63) is 0 Å². The first-order valence-corrected chi connectivity index (χ1v) is 7.59. The van der Waals surface area contributed by atoms with Crippen molar-refractivity contribution in [1.29, 1.82) is 0 Å². The highest BCUT2D eigenvalue weighted by atomic mass is 14.4. The second-order valence-electron chi connectivity index (χ2n) is 8.76. The summed E-state index contributed by atoms with van der Waals surface area (Å²) in [6, 6.07) is 0. The lowest BCUT2D eigenvalue weighted by Crippen LogP contribution is -2.13. The van der Waals surface area contributed by atoms with Crippen LogP contribution in [0.3, 0.4) is 0 Å². The van der Waals surface area contributed by atoms with E-state index in [9.17, 15) is 0 Å². The van der Waals surface area contributed by atoms with Crippen LogP contribution in [-0.4, -0.2) is 0 Å². The van der Waals surface area contributed by atoms with Crippen LogP contribution in [0.1, 0.15) is 80.6 Å². The zero-order chi connectivity index (χ0) is 13.3. The van der Waals surface area contributed by atoms with Gasteiger partial charge in [0.1, 0.15) is 0 Å². The van der Waals surface area contributed by atoms with Gasteiger partial charge in [0.05, 0.1) is 0 Å². The van der Waals surface area contributed by atoms with Gasteiger partial charge in [0.2, 0.25) is 0 Å². The fourth-order valence-electron chi connectivity index (χ4n) is 4.07. The first-order chi connectivity index (χ1) is 7.59. The van der Waals surface area contributed by atoms with Gasteiger partial charge in [-0.05, 0) is 54.3 Å². The van der Waals surface area contributed by atoms with Gasteiger partial charge in [-0.25, -0.2) is 0 Å². The van der Waals surface area contributed by atoms with Crippen molar-refractivity contribution < 1.29 is 0 Å². The van der Waals surface area contributed by atoms with E-state index in [1.165, 1.54) is 32.1 Å². The average molecular weight is 238 g/mol. The van der Waals surface area contributed by atoms with Gasteiger partial charge in [-0.2, -0.15) is 0 Å². The lowest BCUT2D eigenvalue weighted by atomic mass is 9.81. The summed E-state index contributed by atoms with van der Waals surface area (Å²) in [5.41, 5.74) is 1.11. The van der Waals surface area contributed by atoms with E-state index in [-0.39, 0.29) is 0 Å². The first-order valence-electron chi connectivity index (χ1n) is 7.59. The zero-order valence-corrected chi connectivity index (χ0v) is 13.3. The maximum absolute atomic E-state index is 2.47. The predicted molar refractivity (Wildman–Crippen MR) is 78.1 cm³/mol. The Balaban J connectivity index is 2.32. The molecule has 0 spiro atoms. The first kappa shape index (κ1) is 15.1. The maximum atomic E-state index is 2.47. The molecule has 1 rings (SSSR count). The van der Waals surface area contributed by atoms with Crippen LogP contribution in [0.15, 0.2) is 0 Å². The highest BCUT2D eigenvalue weighted by Gasteiger charge is 2.36. The van der Waals surface area contributed by atoms with Crippen LogP contribution >= 0.6 is 0 Å². The third-order valence-corrected chi connectivity index (χ3v) is 4.49. The van der Waals surface area contributed by atoms with E-state index in [0.29, 0.717) is 10.8 Å². The highest BCUT2D eigenvalue weighted by Crippen LogP contribution is 2.47. The molecule has 0 aromatic carbocycles. The van der Waals surface area contributed by atoms with Gasteiger partial charge in [0, 0.05) is 0 Å². The van der Waals surface area contributed by atoms with Crippen LogP contribution in [0.2, 0.25) is 0 Å². The quantitative estimate of drug-likeness (QED) is 0.571. The van der Waals surface area contributed by atoms with E-state index in [2.05, 4.69) is 48.5 Å². The second-order valence-corrected chi connectivity index (χ2v) is 8.76. The highest BCUT2D eigenvalue weighted by molar-refractivity contribution is 4.87. The molecule has 0 aromatic heterocycles. The Morgan fingerprint density at radius 1 is 1.18 bits per heavy atom. The Hall–Kier alpha value is 0. The summed E-state index contributed by atoms with van der Waals surface area (Å²) in [4.78, 5) is 0. The van der Waals surface area contributed by atoms with Crippen molar-refractivity contribution in [1.82, 2.24) is 0 Å². The predicted octanol–water partition coefficient (Wildman–Crippen LogP) is 5.91. The van der Waals surface area contributed by atoms with Gasteiger partial charge in [-0.15, -0.1) is 0 Å². The Labute approximate surface area is 110 Å². The van der Waals surface area contributed by atoms with E-state index < -0.39 is 0 Å². The number of hydrogen-bond acceptors (Lipinski definition) is 0. The molecule has 3 unspecified atom stereocenters. The van der Waals surface area contributed by atoms with E-state index in [4.69, 9.17) is 0 Å². The summed E-state index contributed by atoms with van der Waals surface area (Å²) in [6.07, 6.45) is 7.16. The van der Waals surface area contributed by atoms with Crippen LogP contribution in [0.25, 0.3) is 0 Å². The van der Waals surface area contributed by atoms with Gasteiger partial charge in [0.25, 0.3) is 0 Å². The summed E-state index contributed by atoms with van der Waals surface area (Å²) in [6.45, 7) is 16.9. The van der Waals surface area contributed by atoms with Crippen LogP contribution in [0.5, 0.6) is 0 Å². The molecule has 0 N–H and O–H groups in total. The molecule has 0 heteroatoms. The fourth-order valence-corrected chi connectivity index (χ4v) is 4.07. The van der Waals surface area contributed by atoms with E-state index >= 15 is 0 Å². The van der Waals surface area contributed by atoms with Crippen molar-refractivity contribution in [2.24, 2.45) is 28.6 Å². The van der Waals surface area contributed by atoms with Crippen LogP contribution in [0, 0.1) is 28.6 Å². The molecule has 0 aliphatic heterocycles.